The zero-order chi connectivity index (χ0) is 13.0. The van der Waals surface area contributed by atoms with Crippen LogP contribution in [0.1, 0.15) is 5.56 Å². The highest BCUT2D eigenvalue weighted by molar-refractivity contribution is 6.31. The topological polar surface area (TPSA) is 47.1 Å². The molecule has 0 atom stereocenters. The lowest BCUT2D eigenvalue weighted by Gasteiger charge is -2.17. The van der Waals surface area contributed by atoms with Gasteiger partial charge in [0, 0.05) is 24.3 Å². The van der Waals surface area contributed by atoms with E-state index in [0.29, 0.717) is 5.82 Å². The maximum absolute atomic E-state index is 6.13. The molecule has 0 aliphatic rings. The van der Waals surface area contributed by atoms with E-state index in [2.05, 4.69) is 17.0 Å². The van der Waals surface area contributed by atoms with E-state index < -0.39 is 0 Å². The number of rotatable bonds is 5. The first kappa shape index (κ1) is 12.9. The molecule has 0 saturated carbocycles. The molecular weight excluding hydrogens is 248 g/mol. The van der Waals surface area contributed by atoms with Crippen molar-refractivity contribution in [2.75, 3.05) is 19.3 Å². The van der Waals surface area contributed by atoms with Crippen LogP contribution in [0.4, 0.5) is 5.82 Å². The Morgan fingerprint density at radius 2 is 2.11 bits per heavy atom. The molecule has 2 rings (SSSR count). The molecule has 0 spiro atoms. The highest BCUT2D eigenvalue weighted by Crippen LogP contribution is 2.16. The van der Waals surface area contributed by atoms with Crippen LogP contribution in [0.25, 0.3) is 0 Å². The molecule has 0 aliphatic heterocycles. The number of hydrogen-bond donors (Lipinski definition) is 1. The van der Waals surface area contributed by atoms with Gasteiger partial charge >= 0.3 is 0 Å². The molecule has 0 radical (unpaired) electrons. The molecule has 96 valence electrons. The largest absolute Gasteiger partial charge is 0.382 e. The molecule has 1 aromatic heterocycles. The fraction of sp³-hybridized carbons (Fsp3) is 0.308. The second-order valence-corrected chi connectivity index (χ2v) is 4.74. The number of nitrogen functional groups attached to an aromatic ring is 1. The van der Waals surface area contributed by atoms with Crippen LogP contribution in [0.15, 0.2) is 36.5 Å². The SMILES string of the molecule is CN(CCn1ccc(N)n1)Cc1ccccc1Cl. The molecule has 18 heavy (non-hydrogen) atoms. The zero-order valence-corrected chi connectivity index (χ0v) is 11.1. The fourth-order valence-corrected chi connectivity index (χ4v) is 1.97. The highest BCUT2D eigenvalue weighted by atomic mass is 35.5. The molecule has 0 saturated heterocycles. The molecule has 0 unspecified atom stereocenters. The Balaban J connectivity index is 1.85. The van der Waals surface area contributed by atoms with Crippen molar-refractivity contribution >= 4 is 17.4 Å². The van der Waals surface area contributed by atoms with Gasteiger partial charge in [0.05, 0.1) is 6.54 Å². The van der Waals surface area contributed by atoms with Gasteiger partial charge in [-0.25, -0.2) is 0 Å². The van der Waals surface area contributed by atoms with Gasteiger partial charge in [-0.2, -0.15) is 5.10 Å². The van der Waals surface area contributed by atoms with Crippen molar-refractivity contribution in [2.24, 2.45) is 0 Å². The van der Waals surface area contributed by atoms with Crippen LogP contribution >= 0.6 is 11.6 Å². The molecule has 1 heterocycles. The van der Waals surface area contributed by atoms with Crippen LogP contribution in [0.5, 0.6) is 0 Å². The van der Waals surface area contributed by atoms with Gasteiger partial charge < -0.3 is 10.6 Å². The monoisotopic (exact) mass is 264 g/mol. The minimum atomic E-state index is 0.559. The molecule has 0 amide bonds. The van der Waals surface area contributed by atoms with E-state index in [1.165, 1.54) is 0 Å². The summed E-state index contributed by atoms with van der Waals surface area (Å²) in [6.45, 7) is 2.54. The third-order valence-corrected chi connectivity index (χ3v) is 3.14. The molecular formula is C13H17ClN4. The molecule has 2 N–H and O–H groups in total. The Morgan fingerprint density at radius 3 is 2.78 bits per heavy atom. The smallest absolute Gasteiger partial charge is 0.145 e. The van der Waals surface area contributed by atoms with E-state index in [0.717, 1.165) is 30.2 Å². The first-order valence-electron chi connectivity index (χ1n) is 5.86. The Kier molecular flexibility index (Phi) is 4.23. The van der Waals surface area contributed by atoms with E-state index in [-0.39, 0.29) is 0 Å². The summed E-state index contributed by atoms with van der Waals surface area (Å²) in [4.78, 5) is 2.21. The molecule has 5 heteroatoms. The predicted molar refractivity (Wildman–Crippen MR) is 74.4 cm³/mol. The van der Waals surface area contributed by atoms with Crippen molar-refractivity contribution in [3.63, 3.8) is 0 Å². The van der Waals surface area contributed by atoms with Crippen molar-refractivity contribution < 1.29 is 0 Å². The van der Waals surface area contributed by atoms with Crippen molar-refractivity contribution in [2.45, 2.75) is 13.1 Å². The summed E-state index contributed by atoms with van der Waals surface area (Å²) < 4.78 is 1.85. The van der Waals surface area contributed by atoms with Crippen molar-refractivity contribution in [1.29, 1.82) is 0 Å². The number of nitrogens with two attached hydrogens (primary N) is 1. The number of anilines is 1. The zero-order valence-electron chi connectivity index (χ0n) is 10.4. The average Bonchev–Trinajstić information content (AvgIpc) is 2.76. The summed E-state index contributed by atoms with van der Waals surface area (Å²) in [5.41, 5.74) is 6.71. The van der Waals surface area contributed by atoms with Gasteiger partial charge in [0.2, 0.25) is 0 Å². The minimum Gasteiger partial charge on any atom is -0.382 e. The Bertz CT molecular complexity index is 509. The normalized spacial score (nSPS) is 11.1. The van der Waals surface area contributed by atoms with Crippen LogP contribution in [0.2, 0.25) is 5.02 Å². The lowest BCUT2D eigenvalue weighted by Crippen LogP contribution is -2.23. The Labute approximate surface area is 112 Å². The third kappa shape index (κ3) is 3.48. The molecule has 0 fully saturated rings. The molecule has 0 aliphatic carbocycles. The van der Waals surface area contributed by atoms with Gasteiger partial charge in [-0.15, -0.1) is 0 Å². The van der Waals surface area contributed by atoms with Gasteiger partial charge in [-0.3, -0.25) is 4.68 Å². The summed E-state index contributed by atoms with van der Waals surface area (Å²) >= 11 is 6.13. The van der Waals surface area contributed by atoms with Gasteiger partial charge in [0.15, 0.2) is 0 Å². The van der Waals surface area contributed by atoms with Crippen LogP contribution in [-0.4, -0.2) is 28.3 Å². The quantitative estimate of drug-likeness (QED) is 0.901. The van der Waals surface area contributed by atoms with E-state index in [1.807, 2.05) is 35.1 Å². The van der Waals surface area contributed by atoms with Crippen LogP contribution in [0, 0.1) is 0 Å². The number of halogens is 1. The fourth-order valence-electron chi connectivity index (χ4n) is 1.77. The van der Waals surface area contributed by atoms with E-state index in [1.54, 1.807) is 6.07 Å². The molecule has 0 bridgehead atoms. The van der Waals surface area contributed by atoms with Gasteiger partial charge in [-0.05, 0) is 24.7 Å². The number of nitrogens with zero attached hydrogens (tertiary/aromatic N) is 3. The first-order chi connectivity index (χ1) is 8.65. The number of benzene rings is 1. The van der Waals surface area contributed by atoms with Crippen molar-refractivity contribution in [1.82, 2.24) is 14.7 Å². The lowest BCUT2D eigenvalue weighted by molar-refractivity contribution is 0.305. The Hall–Kier alpha value is -1.52. The lowest BCUT2D eigenvalue weighted by atomic mass is 10.2. The highest BCUT2D eigenvalue weighted by Gasteiger charge is 2.04. The van der Waals surface area contributed by atoms with E-state index in [4.69, 9.17) is 17.3 Å². The summed E-state index contributed by atoms with van der Waals surface area (Å²) in [5.74, 6) is 0.559. The molecule has 2 aromatic rings. The Morgan fingerprint density at radius 1 is 1.33 bits per heavy atom. The standard InChI is InChI=1S/C13H17ClN4/c1-17(8-9-18-7-6-13(15)16-18)10-11-4-2-3-5-12(11)14/h2-7H,8-10H2,1H3,(H2,15,16). The van der Waals surface area contributed by atoms with Gasteiger partial charge in [0.25, 0.3) is 0 Å². The molecule has 4 nitrogen and oxygen atoms in total. The summed E-state index contributed by atoms with van der Waals surface area (Å²) in [5, 5.41) is 4.96. The second kappa shape index (κ2) is 5.89. The summed E-state index contributed by atoms with van der Waals surface area (Å²) in [6.07, 6.45) is 1.89. The summed E-state index contributed by atoms with van der Waals surface area (Å²) in [7, 11) is 2.07. The number of likely N-dealkylation sites (N-methyl/N-ethyl adjacent to an activating group) is 1. The number of hydrogen-bond acceptors (Lipinski definition) is 3. The second-order valence-electron chi connectivity index (χ2n) is 4.33. The average molecular weight is 265 g/mol. The third-order valence-electron chi connectivity index (χ3n) is 2.77. The van der Waals surface area contributed by atoms with Crippen LogP contribution in [-0.2, 0) is 13.1 Å². The van der Waals surface area contributed by atoms with E-state index in [9.17, 15) is 0 Å². The maximum atomic E-state index is 6.13. The van der Waals surface area contributed by atoms with Crippen LogP contribution < -0.4 is 5.73 Å². The number of aromatic nitrogens is 2. The van der Waals surface area contributed by atoms with Crippen molar-refractivity contribution in [3.05, 3.63) is 47.1 Å². The first-order valence-corrected chi connectivity index (χ1v) is 6.24. The van der Waals surface area contributed by atoms with Gasteiger partial charge in [0.1, 0.15) is 5.82 Å². The van der Waals surface area contributed by atoms with Gasteiger partial charge in [-0.1, -0.05) is 29.8 Å². The van der Waals surface area contributed by atoms with Crippen LogP contribution in [0.3, 0.4) is 0 Å². The molecule has 1 aromatic carbocycles. The maximum Gasteiger partial charge on any atom is 0.145 e. The van der Waals surface area contributed by atoms with E-state index >= 15 is 0 Å². The predicted octanol–water partition coefficient (Wildman–Crippen LogP) is 2.25. The van der Waals surface area contributed by atoms with Crippen molar-refractivity contribution in [3.8, 4) is 0 Å². The summed E-state index contributed by atoms with van der Waals surface area (Å²) in [6, 6.07) is 9.71. The minimum absolute atomic E-state index is 0.559.